The van der Waals surface area contributed by atoms with E-state index in [1.54, 1.807) is 11.8 Å². The molecule has 0 bridgehead atoms. The normalized spacial score (nSPS) is 16.4. The molecule has 1 saturated heterocycles. The van der Waals surface area contributed by atoms with Crippen LogP contribution in [0.4, 0.5) is 4.79 Å². The number of nitrogens with zero attached hydrogens (tertiary/aromatic N) is 1. The summed E-state index contributed by atoms with van der Waals surface area (Å²) in [4.78, 5) is 37.4. The second-order valence-corrected chi connectivity index (χ2v) is 9.05. The van der Waals surface area contributed by atoms with Gasteiger partial charge in [-0.3, -0.25) is 9.59 Å². The van der Waals surface area contributed by atoms with Gasteiger partial charge in [0.25, 0.3) is 0 Å². The quantitative estimate of drug-likeness (QED) is 0.579. The van der Waals surface area contributed by atoms with Crippen LogP contribution in [0.1, 0.15) is 36.8 Å². The van der Waals surface area contributed by atoms with Crippen molar-refractivity contribution >= 4 is 18.0 Å². The highest BCUT2D eigenvalue weighted by atomic mass is 16.5. The van der Waals surface area contributed by atoms with Crippen LogP contribution < -0.4 is 5.32 Å². The zero-order valence-corrected chi connectivity index (χ0v) is 19.3. The van der Waals surface area contributed by atoms with Gasteiger partial charge in [-0.05, 0) is 42.0 Å². The second-order valence-electron chi connectivity index (χ2n) is 9.05. The number of rotatable bonds is 8. The van der Waals surface area contributed by atoms with Crippen LogP contribution >= 0.6 is 0 Å². The lowest BCUT2D eigenvalue weighted by atomic mass is 9.80. The lowest BCUT2D eigenvalue weighted by molar-refractivity contribution is -0.153. The molecule has 2 amide bonds. The molecule has 2 aromatic rings. The van der Waals surface area contributed by atoms with E-state index >= 15 is 0 Å². The fourth-order valence-electron chi connectivity index (χ4n) is 4.59. The van der Waals surface area contributed by atoms with Crippen molar-refractivity contribution in [1.82, 2.24) is 10.2 Å². The Bertz CT molecular complexity index is 1020. The van der Waals surface area contributed by atoms with Crippen LogP contribution in [-0.4, -0.2) is 67.4 Å². The van der Waals surface area contributed by atoms with E-state index in [1.165, 1.54) is 11.1 Å². The number of ether oxygens (including phenoxy) is 2. The SMILES string of the molecule is CC1(C(=O)O)CCN(C(=O)COCCNC(=O)OCC2c3ccccc3-c3ccccc32)CC1. The Morgan fingerprint density at radius 3 is 2.21 bits per heavy atom. The van der Waals surface area contributed by atoms with Crippen molar-refractivity contribution in [3.8, 4) is 11.1 Å². The third-order valence-electron chi connectivity index (χ3n) is 6.82. The summed E-state index contributed by atoms with van der Waals surface area (Å²) in [5, 5.41) is 11.9. The minimum Gasteiger partial charge on any atom is -0.481 e. The number of likely N-dealkylation sites (tertiary alicyclic amines) is 1. The van der Waals surface area contributed by atoms with E-state index in [0.717, 1.165) is 11.1 Å². The Hall–Kier alpha value is -3.39. The molecule has 0 atom stereocenters. The highest BCUT2D eigenvalue weighted by molar-refractivity contribution is 5.80. The predicted molar refractivity (Wildman–Crippen MR) is 125 cm³/mol. The number of hydrogen-bond acceptors (Lipinski definition) is 5. The Morgan fingerprint density at radius 2 is 1.62 bits per heavy atom. The van der Waals surface area contributed by atoms with E-state index in [-0.39, 0.29) is 38.2 Å². The summed E-state index contributed by atoms with van der Waals surface area (Å²) in [6, 6.07) is 16.3. The zero-order valence-electron chi connectivity index (χ0n) is 19.3. The Balaban J connectivity index is 1.15. The average Bonchev–Trinajstić information content (AvgIpc) is 3.16. The van der Waals surface area contributed by atoms with Gasteiger partial charge >= 0.3 is 12.1 Å². The molecular formula is C26H30N2O6. The van der Waals surface area contributed by atoms with Gasteiger partial charge in [-0.25, -0.2) is 4.79 Å². The molecule has 1 aliphatic heterocycles. The van der Waals surface area contributed by atoms with Crippen LogP contribution in [-0.2, 0) is 19.1 Å². The molecule has 0 radical (unpaired) electrons. The number of piperidine rings is 1. The fraction of sp³-hybridized carbons (Fsp3) is 0.423. The van der Waals surface area contributed by atoms with Crippen molar-refractivity contribution in [1.29, 1.82) is 0 Å². The number of benzene rings is 2. The van der Waals surface area contributed by atoms with Crippen LogP contribution in [0.3, 0.4) is 0 Å². The van der Waals surface area contributed by atoms with E-state index in [0.29, 0.717) is 25.9 Å². The highest BCUT2D eigenvalue weighted by Gasteiger charge is 2.38. The molecule has 1 heterocycles. The first-order valence-electron chi connectivity index (χ1n) is 11.6. The molecule has 180 valence electrons. The maximum Gasteiger partial charge on any atom is 0.407 e. The molecule has 1 aliphatic carbocycles. The number of carbonyl (C=O) groups is 3. The largest absolute Gasteiger partial charge is 0.481 e. The van der Waals surface area contributed by atoms with E-state index in [2.05, 4.69) is 29.6 Å². The number of carbonyl (C=O) groups excluding carboxylic acids is 2. The Labute approximate surface area is 198 Å². The molecule has 1 fully saturated rings. The monoisotopic (exact) mass is 466 g/mol. The molecule has 8 nitrogen and oxygen atoms in total. The first-order valence-corrected chi connectivity index (χ1v) is 11.6. The lowest BCUT2D eigenvalue weighted by Crippen LogP contribution is -2.46. The molecule has 0 saturated carbocycles. The molecular weight excluding hydrogens is 436 g/mol. The van der Waals surface area contributed by atoms with Gasteiger partial charge in [-0.2, -0.15) is 0 Å². The Kier molecular flexibility index (Phi) is 7.17. The number of nitrogens with one attached hydrogen (secondary N) is 1. The number of alkyl carbamates (subject to hydrolysis) is 1. The van der Waals surface area contributed by atoms with Gasteiger partial charge in [0.05, 0.1) is 12.0 Å². The summed E-state index contributed by atoms with van der Waals surface area (Å²) >= 11 is 0. The molecule has 0 spiro atoms. The van der Waals surface area contributed by atoms with Crippen molar-refractivity contribution in [3.05, 3.63) is 59.7 Å². The zero-order chi connectivity index (χ0) is 24.1. The smallest absolute Gasteiger partial charge is 0.407 e. The number of carboxylic acid groups (broad SMARTS) is 1. The van der Waals surface area contributed by atoms with Crippen LogP contribution in [0.15, 0.2) is 48.5 Å². The number of fused-ring (bicyclic) bond motifs is 3. The topological polar surface area (TPSA) is 105 Å². The summed E-state index contributed by atoms with van der Waals surface area (Å²) in [7, 11) is 0. The molecule has 2 aliphatic rings. The summed E-state index contributed by atoms with van der Waals surface area (Å²) in [5.74, 6) is -0.997. The molecule has 4 rings (SSSR count). The van der Waals surface area contributed by atoms with Crippen molar-refractivity contribution in [3.63, 3.8) is 0 Å². The molecule has 0 unspecified atom stereocenters. The highest BCUT2D eigenvalue weighted by Crippen LogP contribution is 2.44. The molecule has 8 heteroatoms. The predicted octanol–water partition coefficient (Wildman–Crippen LogP) is 3.26. The number of hydrogen-bond donors (Lipinski definition) is 2. The third kappa shape index (κ3) is 5.07. The van der Waals surface area contributed by atoms with Crippen molar-refractivity contribution in [2.24, 2.45) is 5.41 Å². The standard InChI is InChI=1S/C26H30N2O6/c1-26(24(30)31)10-13-28(14-11-26)23(29)17-33-15-12-27-25(32)34-16-22-20-8-4-2-6-18(20)19-7-3-5-9-21(19)22/h2-9,22H,10-17H2,1H3,(H,27,32)(H,30,31). The Morgan fingerprint density at radius 1 is 1.03 bits per heavy atom. The van der Waals surface area contributed by atoms with Gasteiger partial charge in [0.2, 0.25) is 5.91 Å². The summed E-state index contributed by atoms with van der Waals surface area (Å²) in [6.45, 7) is 3.06. The number of aliphatic carboxylic acids is 1. The van der Waals surface area contributed by atoms with E-state index in [4.69, 9.17) is 9.47 Å². The first-order chi connectivity index (χ1) is 16.4. The molecule has 0 aromatic heterocycles. The number of amides is 2. The minimum absolute atomic E-state index is 0.000418. The van der Waals surface area contributed by atoms with Gasteiger partial charge in [0, 0.05) is 25.6 Å². The minimum atomic E-state index is -0.824. The third-order valence-corrected chi connectivity index (χ3v) is 6.82. The van der Waals surface area contributed by atoms with E-state index < -0.39 is 17.5 Å². The van der Waals surface area contributed by atoms with Gasteiger partial charge in [0.15, 0.2) is 0 Å². The molecule has 34 heavy (non-hydrogen) atoms. The molecule has 2 aromatic carbocycles. The van der Waals surface area contributed by atoms with Gasteiger partial charge in [0.1, 0.15) is 13.2 Å². The summed E-state index contributed by atoms with van der Waals surface area (Å²) in [6.07, 6.45) is 0.329. The van der Waals surface area contributed by atoms with Crippen molar-refractivity contribution in [2.75, 3.05) is 39.5 Å². The maximum absolute atomic E-state index is 12.3. The van der Waals surface area contributed by atoms with Crippen LogP contribution in [0.5, 0.6) is 0 Å². The van der Waals surface area contributed by atoms with E-state index in [9.17, 15) is 19.5 Å². The summed E-state index contributed by atoms with van der Waals surface area (Å²) in [5.41, 5.74) is 3.88. The second kappa shape index (κ2) is 10.3. The average molecular weight is 467 g/mol. The van der Waals surface area contributed by atoms with Gasteiger partial charge in [-0.1, -0.05) is 48.5 Å². The van der Waals surface area contributed by atoms with Crippen molar-refractivity contribution in [2.45, 2.75) is 25.7 Å². The van der Waals surface area contributed by atoms with Crippen LogP contribution in [0.25, 0.3) is 11.1 Å². The van der Waals surface area contributed by atoms with Gasteiger partial charge in [-0.15, -0.1) is 0 Å². The lowest BCUT2D eigenvalue weighted by Gasteiger charge is -2.36. The van der Waals surface area contributed by atoms with E-state index in [1.807, 2.05) is 24.3 Å². The first kappa shape index (κ1) is 23.8. The van der Waals surface area contributed by atoms with Crippen LogP contribution in [0.2, 0.25) is 0 Å². The maximum atomic E-state index is 12.3. The van der Waals surface area contributed by atoms with Crippen molar-refractivity contribution < 1.29 is 29.0 Å². The fourth-order valence-corrected chi connectivity index (χ4v) is 4.59. The molecule has 2 N–H and O–H groups in total. The summed E-state index contributed by atoms with van der Waals surface area (Å²) < 4.78 is 10.9. The van der Waals surface area contributed by atoms with Gasteiger partial charge < -0.3 is 24.8 Å². The number of carboxylic acids is 1. The van der Waals surface area contributed by atoms with Crippen LogP contribution in [0, 0.1) is 5.41 Å².